The van der Waals surface area contributed by atoms with Gasteiger partial charge in [0.1, 0.15) is 11.3 Å². The van der Waals surface area contributed by atoms with Crippen molar-refractivity contribution < 1.29 is 19.3 Å². The Balaban J connectivity index is 1.83. The van der Waals surface area contributed by atoms with Crippen LogP contribution in [-0.4, -0.2) is 29.1 Å². The lowest BCUT2D eigenvalue weighted by Gasteiger charge is -2.43. The zero-order valence-corrected chi connectivity index (χ0v) is 19.4. The molecule has 0 unspecified atom stereocenters. The molecular formula is C24H35N2O4+. The van der Waals surface area contributed by atoms with Crippen molar-refractivity contribution in [3.05, 3.63) is 39.2 Å². The number of fused-ring (bicyclic) bond motifs is 1. The number of hydrogen-bond donors (Lipinski definition) is 2. The van der Waals surface area contributed by atoms with E-state index < -0.39 is 6.10 Å². The van der Waals surface area contributed by atoms with E-state index in [1.54, 1.807) is 13.8 Å². The lowest BCUT2D eigenvalue weighted by Crippen LogP contribution is -3.06. The van der Waals surface area contributed by atoms with Gasteiger partial charge in [0, 0.05) is 24.4 Å². The number of nitrogens with two attached hydrogens (primary N) is 1. The number of quaternary nitrogens is 1. The standard InChI is InChI=1S/C24H34N2O4/c1-13-9-18(20-14(2)15(3)22(28)30-19(20)10-13)29-16(4)21(27)25-17-11-23(5,6)26-24(7,8)12-17/h9-10,16-17,26H,11-12H2,1-8H3,(H,25,27)/p+1/t16-/m0/s1. The van der Waals surface area contributed by atoms with Crippen molar-refractivity contribution in [2.45, 2.75) is 91.5 Å². The molecule has 1 fully saturated rings. The largest absolute Gasteiger partial charge is 0.480 e. The highest BCUT2D eigenvalue weighted by Crippen LogP contribution is 2.31. The Morgan fingerprint density at radius 1 is 1.13 bits per heavy atom. The van der Waals surface area contributed by atoms with Crippen LogP contribution < -0.4 is 21.0 Å². The van der Waals surface area contributed by atoms with Gasteiger partial charge in [0.05, 0.1) is 16.5 Å². The van der Waals surface area contributed by atoms with Crippen molar-refractivity contribution in [2.75, 3.05) is 0 Å². The van der Waals surface area contributed by atoms with Crippen LogP contribution in [-0.2, 0) is 4.79 Å². The fraction of sp³-hybridized carbons (Fsp3) is 0.583. The second-order valence-corrected chi connectivity index (χ2v) is 10.3. The van der Waals surface area contributed by atoms with Crippen molar-refractivity contribution >= 4 is 16.9 Å². The summed E-state index contributed by atoms with van der Waals surface area (Å²) in [7, 11) is 0. The van der Waals surface area contributed by atoms with E-state index in [0.717, 1.165) is 29.4 Å². The lowest BCUT2D eigenvalue weighted by molar-refractivity contribution is -0.787. The van der Waals surface area contributed by atoms with Gasteiger partial charge in [-0.3, -0.25) is 4.79 Å². The van der Waals surface area contributed by atoms with Crippen molar-refractivity contribution in [1.82, 2.24) is 5.32 Å². The topological polar surface area (TPSA) is 85.1 Å². The minimum absolute atomic E-state index is 0.0721. The second-order valence-electron chi connectivity index (χ2n) is 10.3. The van der Waals surface area contributed by atoms with Crippen LogP contribution in [0.2, 0.25) is 0 Å². The maximum absolute atomic E-state index is 12.9. The number of rotatable bonds is 4. The lowest BCUT2D eigenvalue weighted by atomic mass is 9.79. The van der Waals surface area contributed by atoms with Crippen LogP contribution >= 0.6 is 0 Å². The number of carbonyl (C=O) groups excluding carboxylic acids is 1. The second kappa shape index (κ2) is 7.73. The molecule has 1 aliphatic heterocycles. The van der Waals surface area contributed by atoms with Gasteiger partial charge in [0.2, 0.25) is 0 Å². The average molecular weight is 416 g/mol. The van der Waals surface area contributed by atoms with E-state index in [9.17, 15) is 9.59 Å². The molecule has 2 heterocycles. The summed E-state index contributed by atoms with van der Waals surface area (Å²) in [6.07, 6.45) is 1.15. The van der Waals surface area contributed by atoms with Gasteiger partial charge in [-0.25, -0.2) is 4.79 Å². The molecule has 1 aliphatic rings. The summed E-state index contributed by atoms with van der Waals surface area (Å²) >= 11 is 0. The third-order valence-electron chi connectivity index (χ3n) is 6.00. The highest BCUT2D eigenvalue weighted by molar-refractivity contribution is 5.89. The molecule has 6 nitrogen and oxygen atoms in total. The van der Waals surface area contributed by atoms with Crippen LogP contribution in [0.3, 0.4) is 0 Å². The number of aryl methyl sites for hydroxylation is 2. The Bertz CT molecular complexity index is 1020. The Labute approximate surface area is 178 Å². The third-order valence-corrected chi connectivity index (χ3v) is 6.00. The molecule has 0 bridgehead atoms. The van der Waals surface area contributed by atoms with Crippen LogP contribution in [0.5, 0.6) is 5.75 Å². The molecule has 1 saturated heterocycles. The molecule has 1 amide bonds. The third kappa shape index (κ3) is 4.69. The van der Waals surface area contributed by atoms with E-state index in [1.165, 1.54) is 0 Å². The van der Waals surface area contributed by atoms with E-state index in [4.69, 9.17) is 9.15 Å². The number of ether oxygens (including phenoxy) is 1. The summed E-state index contributed by atoms with van der Waals surface area (Å²) in [6.45, 7) is 16.1. The van der Waals surface area contributed by atoms with Crippen molar-refractivity contribution in [1.29, 1.82) is 0 Å². The zero-order chi connectivity index (χ0) is 22.4. The van der Waals surface area contributed by atoms with Gasteiger partial charge in [0.25, 0.3) is 5.91 Å². The Morgan fingerprint density at radius 3 is 2.33 bits per heavy atom. The summed E-state index contributed by atoms with van der Waals surface area (Å²) in [5.41, 5.74) is 2.55. The molecule has 0 spiro atoms. The first-order valence-electron chi connectivity index (χ1n) is 10.7. The van der Waals surface area contributed by atoms with Gasteiger partial charge in [0.15, 0.2) is 6.10 Å². The molecular weight excluding hydrogens is 380 g/mol. The van der Waals surface area contributed by atoms with Crippen LogP contribution in [0.1, 0.15) is 64.2 Å². The molecule has 164 valence electrons. The van der Waals surface area contributed by atoms with E-state index in [0.29, 0.717) is 16.9 Å². The number of benzene rings is 1. The maximum atomic E-state index is 12.9. The summed E-state index contributed by atoms with van der Waals surface area (Å²) in [4.78, 5) is 25.0. The van der Waals surface area contributed by atoms with Crippen LogP contribution in [0.25, 0.3) is 11.0 Å². The number of piperidine rings is 1. The Kier molecular flexibility index (Phi) is 5.76. The van der Waals surface area contributed by atoms with Crippen molar-refractivity contribution in [3.8, 4) is 5.75 Å². The SMILES string of the molecule is Cc1cc(O[C@@H](C)C(=O)NC2CC(C)(C)[NH2+]C(C)(C)C2)c2c(C)c(C)c(=O)oc2c1. The van der Waals surface area contributed by atoms with Gasteiger partial charge in [-0.05, 0) is 78.6 Å². The molecule has 3 rings (SSSR count). The number of hydrogen-bond acceptors (Lipinski definition) is 4. The fourth-order valence-electron chi connectivity index (χ4n) is 4.96. The summed E-state index contributed by atoms with van der Waals surface area (Å²) in [6, 6.07) is 3.82. The smallest absolute Gasteiger partial charge is 0.339 e. The molecule has 0 radical (unpaired) electrons. The monoisotopic (exact) mass is 415 g/mol. The molecule has 30 heavy (non-hydrogen) atoms. The van der Waals surface area contributed by atoms with E-state index >= 15 is 0 Å². The van der Waals surface area contributed by atoms with Gasteiger partial charge in [-0.15, -0.1) is 0 Å². The first-order valence-corrected chi connectivity index (χ1v) is 10.7. The highest BCUT2D eigenvalue weighted by Gasteiger charge is 2.42. The summed E-state index contributed by atoms with van der Waals surface area (Å²) < 4.78 is 11.6. The molecule has 0 aliphatic carbocycles. The van der Waals surface area contributed by atoms with Crippen LogP contribution in [0.4, 0.5) is 0 Å². The first-order chi connectivity index (χ1) is 13.8. The van der Waals surface area contributed by atoms with Crippen LogP contribution in [0.15, 0.2) is 21.3 Å². The van der Waals surface area contributed by atoms with Crippen molar-refractivity contribution in [3.63, 3.8) is 0 Å². The molecule has 6 heteroatoms. The Hall–Kier alpha value is -2.34. The number of carbonyl (C=O) groups is 1. The normalized spacial score (nSPS) is 19.5. The highest BCUT2D eigenvalue weighted by atomic mass is 16.5. The fourth-order valence-corrected chi connectivity index (χ4v) is 4.96. The van der Waals surface area contributed by atoms with Crippen LogP contribution in [0, 0.1) is 20.8 Å². The van der Waals surface area contributed by atoms with Crippen molar-refractivity contribution in [2.24, 2.45) is 0 Å². The quantitative estimate of drug-likeness (QED) is 0.752. The van der Waals surface area contributed by atoms with Gasteiger partial charge in [-0.2, -0.15) is 0 Å². The van der Waals surface area contributed by atoms with E-state index in [2.05, 4.69) is 38.3 Å². The Morgan fingerprint density at radius 2 is 1.73 bits per heavy atom. The predicted molar refractivity (Wildman–Crippen MR) is 118 cm³/mol. The molecule has 0 saturated carbocycles. The van der Waals surface area contributed by atoms with Gasteiger partial charge in [-0.1, -0.05) is 0 Å². The minimum atomic E-state index is -0.668. The number of amides is 1. The average Bonchev–Trinajstić information content (AvgIpc) is 2.56. The van der Waals surface area contributed by atoms with Gasteiger partial charge >= 0.3 is 5.63 Å². The minimum Gasteiger partial charge on any atom is -0.480 e. The molecule has 1 atom stereocenters. The zero-order valence-electron chi connectivity index (χ0n) is 19.4. The van der Waals surface area contributed by atoms with E-state index in [-0.39, 0.29) is 28.7 Å². The molecule has 3 N–H and O–H groups in total. The summed E-state index contributed by atoms with van der Waals surface area (Å²) in [5, 5.41) is 6.32. The first kappa shape index (κ1) is 22.3. The van der Waals surface area contributed by atoms with Gasteiger partial charge < -0.3 is 19.8 Å². The number of nitrogens with one attached hydrogen (secondary N) is 1. The summed E-state index contributed by atoms with van der Waals surface area (Å²) in [5.74, 6) is 0.435. The molecule has 1 aromatic carbocycles. The molecule has 2 aromatic rings. The predicted octanol–water partition coefficient (Wildman–Crippen LogP) is 2.88. The molecule has 1 aromatic heterocycles. The maximum Gasteiger partial charge on any atom is 0.339 e. The van der Waals surface area contributed by atoms with E-state index in [1.807, 2.05) is 26.0 Å².